The number of guanidine groups is 1. The van der Waals surface area contributed by atoms with E-state index in [0.717, 1.165) is 24.6 Å². The van der Waals surface area contributed by atoms with Crippen LogP contribution in [-0.4, -0.2) is 37.4 Å². The molecule has 0 radical (unpaired) electrons. The summed E-state index contributed by atoms with van der Waals surface area (Å²) in [6, 6.07) is 8.15. The number of halogens is 4. The number of nitrogens with two attached hydrogens (primary N) is 2. The number of aliphatic imine (C=N–C) groups is 1. The Labute approximate surface area is 170 Å². The summed E-state index contributed by atoms with van der Waals surface area (Å²) in [5.41, 5.74) is 9.55. The Kier molecular flexibility index (Phi) is 7.10. The molecule has 0 heterocycles. The number of ether oxygens (including phenoxy) is 1. The Balaban J connectivity index is 2.36. The highest BCUT2D eigenvalue weighted by Crippen LogP contribution is 2.41. The van der Waals surface area contributed by atoms with Gasteiger partial charge in [-0.15, -0.1) is 0 Å². The van der Waals surface area contributed by atoms with Gasteiger partial charge in [0.2, 0.25) is 0 Å². The molecule has 6 nitrogen and oxygen atoms in total. The van der Waals surface area contributed by atoms with Crippen molar-refractivity contribution in [2.24, 2.45) is 16.5 Å². The van der Waals surface area contributed by atoms with E-state index < -0.39 is 34.9 Å². The summed E-state index contributed by atoms with van der Waals surface area (Å²) in [6.07, 6.45) is -4.01. The van der Waals surface area contributed by atoms with Crippen LogP contribution in [0.4, 0.5) is 13.2 Å². The molecule has 0 atom stereocenters. The molecule has 0 saturated heterocycles. The molecule has 1 amide bonds. The lowest BCUT2D eigenvalue weighted by Gasteiger charge is -2.16. The Morgan fingerprint density at radius 2 is 1.79 bits per heavy atom. The van der Waals surface area contributed by atoms with Crippen LogP contribution in [-0.2, 0) is 12.6 Å². The molecule has 4 N–H and O–H groups in total. The summed E-state index contributed by atoms with van der Waals surface area (Å²) < 4.78 is 45.9. The second kappa shape index (κ2) is 9.15. The van der Waals surface area contributed by atoms with Crippen LogP contribution in [0.3, 0.4) is 0 Å². The number of carbonyl (C=O) groups is 1. The van der Waals surface area contributed by atoms with Gasteiger partial charge in [0.05, 0.1) is 16.1 Å². The van der Waals surface area contributed by atoms with Crippen LogP contribution in [0, 0.1) is 0 Å². The van der Waals surface area contributed by atoms with Gasteiger partial charge in [0.1, 0.15) is 11.5 Å². The lowest BCUT2D eigenvalue weighted by atomic mass is 10.1. The largest absolute Gasteiger partial charge is 0.457 e. The zero-order chi connectivity index (χ0) is 21.8. The van der Waals surface area contributed by atoms with Crippen LogP contribution in [0.2, 0.25) is 5.02 Å². The maximum Gasteiger partial charge on any atom is 0.420 e. The molecule has 0 aliphatic heterocycles. The molecule has 10 heteroatoms. The minimum atomic E-state index is -4.79. The van der Waals surface area contributed by atoms with Gasteiger partial charge in [0, 0.05) is 12.6 Å². The minimum absolute atomic E-state index is 0.198. The lowest BCUT2D eigenvalue weighted by molar-refractivity contribution is -0.138. The number of amides is 1. The van der Waals surface area contributed by atoms with Gasteiger partial charge in [-0.1, -0.05) is 23.7 Å². The van der Waals surface area contributed by atoms with Crippen molar-refractivity contribution < 1.29 is 22.7 Å². The predicted molar refractivity (Wildman–Crippen MR) is 105 cm³/mol. The van der Waals surface area contributed by atoms with E-state index in [9.17, 15) is 18.0 Å². The van der Waals surface area contributed by atoms with Crippen LogP contribution in [0.25, 0.3) is 0 Å². The van der Waals surface area contributed by atoms with Gasteiger partial charge in [0.25, 0.3) is 5.91 Å². The molecule has 29 heavy (non-hydrogen) atoms. The third-order valence-corrected chi connectivity index (χ3v) is 4.15. The molecular weight excluding hydrogens is 409 g/mol. The molecule has 2 rings (SSSR count). The Hall–Kier alpha value is -2.78. The molecular formula is C19H20ClF3N4O2. The van der Waals surface area contributed by atoms with Crippen molar-refractivity contribution in [2.75, 3.05) is 20.6 Å². The third-order valence-electron chi connectivity index (χ3n) is 3.83. The molecule has 2 aromatic rings. The van der Waals surface area contributed by atoms with Gasteiger partial charge in [-0.25, -0.2) is 0 Å². The third kappa shape index (κ3) is 6.37. The molecule has 0 bridgehead atoms. The summed E-state index contributed by atoms with van der Waals surface area (Å²) in [6.45, 7) is 0.833. The summed E-state index contributed by atoms with van der Waals surface area (Å²) >= 11 is 5.97. The van der Waals surface area contributed by atoms with Crippen molar-refractivity contribution in [1.82, 2.24) is 4.90 Å². The summed E-state index contributed by atoms with van der Waals surface area (Å²) in [4.78, 5) is 17.2. The normalized spacial score (nSPS) is 11.4. The first-order valence-corrected chi connectivity index (χ1v) is 8.81. The van der Waals surface area contributed by atoms with Gasteiger partial charge in [-0.05, 0) is 44.3 Å². The average Bonchev–Trinajstić information content (AvgIpc) is 2.59. The first-order chi connectivity index (χ1) is 13.5. The van der Waals surface area contributed by atoms with E-state index in [-0.39, 0.29) is 10.8 Å². The summed E-state index contributed by atoms with van der Waals surface area (Å²) in [7, 11) is 3.89. The standard InChI is InChI=1S/C19H20ClF3N4O2/c1-27(2)8-7-11-3-5-12(6-4-11)29-16-10-15(20)13(17(28)26-18(24)25)9-14(16)19(21,22)23/h3-6,9-10H,7-8H2,1-2H3,(H4,24,25,26,28). The van der Waals surface area contributed by atoms with E-state index in [4.69, 9.17) is 27.8 Å². The van der Waals surface area contributed by atoms with Crippen LogP contribution in [0.15, 0.2) is 41.4 Å². The Bertz CT molecular complexity index is 909. The van der Waals surface area contributed by atoms with Crippen molar-refractivity contribution in [3.8, 4) is 11.5 Å². The van der Waals surface area contributed by atoms with Crippen molar-refractivity contribution in [3.05, 3.63) is 58.1 Å². The molecule has 0 unspecified atom stereocenters. The number of benzene rings is 2. The molecule has 0 aromatic heterocycles. The van der Waals surface area contributed by atoms with Gasteiger partial charge in [-0.3, -0.25) is 4.79 Å². The topological polar surface area (TPSA) is 93.9 Å². The van der Waals surface area contributed by atoms with Crippen LogP contribution < -0.4 is 16.2 Å². The molecule has 0 saturated carbocycles. The van der Waals surface area contributed by atoms with Crippen molar-refractivity contribution in [1.29, 1.82) is 0 Å². The number of hydrogen-bond donors (Lipinski definition) is 2. The molecule has 0 aliphatic carbocycles. The number of rotatable bonds is 6. The van der Waals surface area contributed by atoms with Gasteiger partial charge < -0.3 is 21.1 Å². The SMILES string of the molecule is CN(C)CCc1ccc(Oc2cc(Cl)c(C(=O)N=C(N)N)cc2C(F)(F)F)cc1. The van der Waals surface area contributed by atoms with Crippen molar-refractivity contribution >= 4 is 23.5 Å². The molecule has 0 aliphatic rings. The van der Waals surface area contributed by atoms with E-state index in [1.54, 1.807) is 24.3 Å². The van der Waals surface area contributed by atoms with Crippen LogP contribution in [0.5, 0.6) is 11.5 Å². The summed E-state index contributed by atoms with van der Waals surface area (Å²) in [5, 5.41) is -0.273. The first-order valence-electron chi connectivity index (χ1n) is 8.43. The highest BCUT2D eigenvalue weighted by Gasteiger charge is 2.36. The number of carbonyl (C=O) groups excluding carboxylic acids is 1. The summed E-state index contributed by atoms with van der Waals surface area (Å²) in [5.74, 6) is -2.01. The maximum atomic E-state index is 13.5. The monoisotopic (exact) mass is 428 g/mol. The van der Waals surface area contributed by atoms with E-state index in [0.29, 0.717) is 6.07 Å². The number of alkyl halides is 3. The Morgan fingerprint density at radius 1 is 1.17 bits per heavy atom. The minimum Gasteiger partial charge on any atom is -0.457 e. The fourth-order valence-electron chi connectivity index (χ4n) is 2.41. The van der Waals surface area contributed by atoms with Crippen molar-refractivity contribution in [2.45, 2.75) is 12.6 Å². The molecule has 0 spiro atoms. The number of likely N-dealkylation sites (N-methyl/N-ethyl adjacent to an activating group) is 1. The molecule has 0 fully saturated rings. The molecule has 156 valence electrons. The average molecular weight is 429 g/mol. The zero-order valence-corrected chi connectivity index (χ0v) is 16.5. The van der Waals surface area contributed by atoms with E-state index >= 15 is 0 Å². The van der Waals surface area contributed by atoms with Gasteiger partial charge in [0.15, 0.2) is 5.96 Å². The number of hydrogen-bond acceptors (Lipinski definition) is 3. The van der Waals surface area contributed by atoms with E-state index in [1.165, 1.54) is 0 Å². The smallest absolute Gasteiger partial charge is 0.420 e. The quantitative estimate of drug-likeness (QED) is 0.541. The fourth-order valence-corrected chi connectivity index (χ4v) is 2.64. The van der Waals surface area contributed by atoms with Gasteiger partial charge >= 0.3 is 6.18 Å². The number of nitrogens with zero attached hydrogens (tertiary/aromatic N) is 2. The second-order valence-corrected chi connectivity index (χ2v) is 6.87. The highest BCUT2D eigenvalue weighted by atomic mass is 35.5. The molecule has 2 aromatic carbocycles. The van der Waals surface area contributed by atoms with E-state index in [1.807, 2.05) is 19.0 Å². The van der Waals surface area contributed by atoms with E-state index in [2.05, 4.69) is 4.99 Å². The van der Waals surface area contributed by atoms with Crippen molar-refractivity contribution in [3.63, 3.8) is 0 Å². The first kappa shape index (κ1) is 22.5. The zero-order valence-electron chi connectivity index (χ0n) is 15.8. The maximum absolute atomic E-state index is 13.5. The highest BCUT2D eigenvalue weighted by molar-refractivity contribution is 6.34. The van der Waals surface area contributed by atoms with Crippen LogP contribution in [0.1, 0.15) is 21.5 Å². The van der Waals surface area contributed by atoms with Gasteiger partial charge in [-0.2, -0.15) is 18.2 Å². The second-order valence-electron chi connectivity index (χ2n) is 6.47. The van der Waals surface area contributed by atoms with Crippen LogP contribution >= 0.6 is 11.6 Å². The fraction of sp³-hybridized carbons (Fsp3) is 0.263. The predicted octanol–water partition coefficient (Wildman–Crippen LogP) is 3.67. The Morgan fingerprint density at radius 3 is 2.31 bits per heavy atom. The lowest BCUT2D eigenvalue weighted by Crippen LogP contribution is -2.24.